The fourth-order valence-corrected chi connectivity index (χ4v) is 1.32. The van der Waals surface area contributed by atoms with Crippen molar-refractivity contribution in [2.75, 3.05) is 0 Å². The molecule has 0 aliphatic rings. The molecule has 1 aromatic carbocycles. The minimum Gasteiger partial charge on any atom is -0.340 e. The Balaban J connectivity index is 3.01. The fraction of sp³-hybridized carbons (Fsp3) is 0.273. The van der Waals surface area contributed by atoms with Crippen molar-refractivity contribution in [1.29, 1.82) is 0 Å². The van der Waals surface area contributed by atoms with E-state index in [-0.39, 0.29) is 5.91 Å². The molecule has 1 aromatic rings. The second-order valence-electron chi connectivity index (χ2n) is 3.37. The number of hydrogen-bond acceptors (Lipinski definition) is 2. The summed E-state index contributed by atoms with van der Waals surface area (Å²) in [5.41, 5.74) is -0.141. The van der Waals surface area contributed by atoms with Gasteiger partial charge in [0.25, 0.3) is 0 Å². The largest absolute Gasteiger partial charge is 0.340 e. The van der Waals surface area contributed by atoms with Crippen LogP contribution in [0.4, 0.5) is 0 Å². The summed E-state index contributed by atoms with van der Waals surface area (Å²) in [5, 5.41) is 2.62. The first-order valence-corrected chi connectivity index (χ1v) is 4.39. The van der Waals surface area contributed by atoms with Gasteiger partial charge in [-0.2, -0.15) is 0 Å². The van der Waals surface area contributed by atoms with E-state index < -0.39 is 5.54 Å². The van der Waals surface area contributed by atoms with Gasteiger partial charge >= 0.3 is 0 Å². The van der Waals surface area contributed by atoms with E-state index in [1.165, 1.54) is 6.92 Å². The lowest BCUT2D eigenvalue weighted by Crippen LogP contribution is -2.43. The summed E-state index contributed by atoms with van der Waals surface area (Å²) in [6, 6.07) is 9.15. The molecule has 1 unspecified atom stereocenters. The van der Waals surface area contributed by atoms with Gasteiger partial charge in [-0.25, -0.2) is 0 Å². The summed E-state index contributed by atoms with van der Waals surface area (Å²) in [7, 11) is 0. The molecule has 0 saturated heterocycles. The number of carbonyl (C=O) groups excluding carboxylic acids is 2. The van der Waals surface area contributed by atoms with Gasteiger partial charge in [-0.1, -0.05) is 30.3 Å². The summed E-state index contributed by atoms with van der Waals surface area (Å²) in [6.45, 7) is 3.07. The highest BCUT2D eigenvalue weighted by molar-refractivity contribution is 5.80. The standard InChI is InChI=1S/C11H13NO2/c1-9(14)12-11(2,8-13)10-6-4-3-5-7-10/h3-8H,1-2H3,(H,12,14). The van der Waals surface area contributed by atoms with E-state index in [0.717, 1.165) is 11.8 Å². The minimum absolute atomic E-state index is 0.219. The van der Waals surface area contributed by atoms with Crippen molar-refractivity contribution in [1.82, 2.24) is 5.32 Å². The van der Waals surface area contributed by atoms with Crippen LogP contribution in [0, 0.1) is 0 Å². The molecule has 3 heteroatoms. The van der Waals surface area contributed by atoms with Crippen LogP contribution in [-0.2, 0) is 15.1 Å². The molecule has 14 heavy (non-hydrogen) atoms. The van der Waals surface area contributed by atoms with E-state index in [4.69, 9.17) is 0 Å². The van der Waals surface area contributed by atoms with Crippen LogP contribution in [0.2, 0.25) is 0 Å². The number of amides is 1. The molecule has 0 aliphatic carbocycles. The molecular weight excluding hydrogens is 178 g/mol. The SMILES string of the molecule is CC(=O)NC(C)(C=O)c1ccccc1. The summed E-state index contributed by atoms with van der Waals surface area (Å²) in [4.78, 5) is 21.9. The Hall–Kier alpha value is -1.64. The Bertz CT molecular complexity index is 334. The zero-order chi connectivity index (χ0) is 10.6. The van der Waals surface area contributed by atoms with E-state index in [9.17, 15) is 9.59 Å². The number of rotatable bonds is 3. The maximum atomic E-state index is 10.9. The third kappa shape index (κ3) is 2.19. The minimum atomic E-state index is -0.924. The fourth-order valence-electron chi connectivity index (χ4n) is 1.32. The van der Waals surface area contributed by atoms with Gasteiger partial charge in [0.1, 0.15) is 11.8 Å². The second kappa shape index (κ2) is 4.05. The van der Waals surface area contributed by atoms with Crippen LogP contribution in [0.25, 0.3) is 0 Å². The molecule has 1 atom stereocenters. The number of hydrogen-bond donors (Lipinski definition) is 1. The summed E-state index contributed by atoms with van der Waals surface area (Å²) >= 11 is 0. The molecule has 74 valence electrons. The Morgan fingerprint density at radius 1 is 1.36 bits per heavy atom. The molecule has 0 spiro atoms. The summed E-state index contributed by atoms with van der Waals surface area (Å²) in [5.74, 6) is -0.219. The van der Waals surface area contributed by atoms with Crippen LogP contribution >= 0.6 is 0 Å². The van der Waals surface area contributed by atoms with Gasteiger partial charge < -0.3 is 10.1 Å². The lowest BCUT2D eigenvalue weighted by atomic mass is 9.94. The highest BCUT2D eigenvalue weighted by Crippen LogP contribution is 2.17. The average Bonchev–Trinajstić information content (AvgIpc) is 2.18. The molecule has 1 N–H and O–H groups in total. The Labute approximate surface area is 83.1 Å². The molecule has 0 radical (unpaired) electrons. The van der Waals surface area contributed by atoms with Crippen LogP contribution in [0.1, 0.15) is 19.4 Å². The number of aldehydes is 1. The molecule has 0 aromatic heterocycles. The van der Waals surface area contributed by atoms with Crippen molar-refractivity contribution in [2.45, 2.75) is 19.4 Å². The third-order valence-electron chi connectivity index (χ3n) is 2.04. The highest BCUT2D eigenvalue weighted by Gasteiger charge is 2.26. The van der Waals surface area contributed by atoms with Crippen LogP contribution in [0.15, 0.2) is 30.3 Å². The van der Waals surface area contributed by atoms with Gasteiger partial charge in [-0.05, 0) is 12.5 Å². The van der Waals surface area contributed by atoms with Gasteiger partial charge in [0.2, 0.25) is 5.91 Å². The van der Waals surface area contributed by atoms with Crippen molar-refractivity contribution < 1.29 is 9.59 Å². The van der Waals surface area contributed by atoms with E-state index in [1.54, 1.807) is 6.92 Å². The summed E-state index contributed by atoms with van der Waals surface area (Å²) < 4.78 is 0. The Morgan fingerprint density at radius 3 is 2.36 bits per heavy atom. The van der Waals surface area contributed by atoms with E-state index >= 15 is 0 Å². The Morgan fingerprint density at radius 2 is 1.93 bits per heavy atom. The van der Waals surface area contributed by atoms with E-state index in [1.807, 2.05) is 30.3 Å². The normalized spacial score (nSPS) is 14.1. The van der Waals surface area contributed by atoms with Gasteiger partial charge in [-0.15, -0.1) is 0 Å². The van der Waals surface area contributed by atoms with E-state index in [2.05, 4.69) is 5.32 Å². The van der Waals surface area contributed by atoms with Crippen LogP contribution < -0.4 is 5.32 Å². The van der Waals surface area contributed by atoms with Crippen molar-refractivity contribution in [3.8, 4) is 0 Å². The molecule has 0 fully saturated rings. The van der Waals surface area contributed by atoms with Gasteiger partial charge in [0, 0.05) is 6.92 Å². The molecule has 0 saturated carbocycles. The maximum absolute atomic E-state index is 10.9. The molecule has 0 bridgehead atoms. The highest BCUT2D eigenvalue weighted by atomic mass is 16.2. The maximum Gasteiger partial charge on any atom is 0.217 e. The van der Waals surface area contributed by atoms with Crippen LogP contribution in [0.5, 0.6) is 0 Å². The molecule has 1 amide bonds. The lowest BCUT2D eigenvalue weighted by Gasteiger charge is -2.24. The smallest absolute Gasteiger partial charge is 0.217 e. The van der Waals surface area contributed by atoms with Crippen molar-refractivity contribution in [3.63, 3.8) is 0 Å². The number of benzene rings is 1. The van der Waals surface area contributed by atoms with E-state index in [0.29, 0.717) is 0 Å². The lowest BCUT2D eigenvalue weighted by molar-refractivity contribution is -0.124. The van der Waals surface area contributed by atoms with Crippen molar-refractivity contribution in [3.05, 3.63) is 35.9 Å². The Kier molecular flexibility index (Phi) is 3.02. The first-order valence-electron chi connectivity index (χ1n) is 4.39. The molecule has 0 aliphatic heterocycles. The first kappa shape index (κ1) is 10.4. The quantitative estimate of drug-likeness (QED) is 0.730. The number of carbonyl (C=O) groups is 2. The zero-order valence-corrected chi connectivity index (χ0v) is 8.28. The van der Waals surface area contributed by atoms with Crippen molar-refractivity contribution in [2.24, 2.45) is 0 Å². The van der Waals surface area contributed by atoms with Gasteiger partial charge in [0.15, 0.2) is 0 Å². The van der Waals surface area contributed by atoms with Gasteiger partial charge in [-0.3, -0.25) is 4.79 Å². The molecule has 0 heterocycles. The second-order valence-corrected chi connectivity index (χ2v) is 3.37. The molecule has 3 nitrogen and oxygen atoms in total. The topological polar surface area (TPSA) is 46.2 Å². The predicted molar refractivity (Wildman–Crippen MR) is 53.7 cm³/mol. The van der Waals surface area contributed by atoms with Crippen molar-refractivity contribution >= 4 is 12.2 Å². The first-order chi connectivity index (χ1) is 6.58. The third-order valence-corrected chi connectivity index (χ3v) is 2.04. The van der Waals surface area contributed by atoms with Crippen LogP contribution in [0.3, 0.4) is 0 Å². The van der Waals surface area contributed by atoms with Gasteiger partial charge in [0.05, 0.1) is 0 Å². The average molecular weight is 191 g/mol. The van der Waals surface area contributed by atoms with Crippen LogP contribution in [-0.4, -0.2) is 12.2 Å². The molecule has 1 rings (SSSR count). The predicted octanol–water partition coefficient (Wildman–Crippen LogP) is 1.24. The zero-order valence-electron chi connectivity index (χ0n) is 8.28. The molecular formula is C11H13NO2. The summed E-state index contributed by atoms with van der Waals surface area (Å²) in [6.07, 6.45) is 0.740. The number of nitrogens with one attached hydrogen (secondary N) is 1. The monoisotopic (exact) mass is 191 g/mol.